The van der Waals surface area contributed by atoms with Crippen molar-refractivity contribution in [1.82, 2.24) is 20.0 Å². The number of rotatable bonds is 4. The van der Waals surface area contributed by atoms with Crippen LogP contribution in [0, 0.1) is 6.92 Å². The summed E-state index contributed by atoms with van der Waals surface area (Å²) in [4.78, 5) is 21.5. The topological polar surface area (TPSA) is 75.0 Å². The minimum atomic E-state index is -0.0730. The summed E-state index contributed by atoms with van der Waals surface area (Å²) in [6.45, 7) is 4.56. The summed E-state index contributed by atoms with van der Waals surface area (Å²) in [6, 6.07) is 9.67. The Morgan fingerprint density at radius 1 is 1.38 bits per heavy atom. The van der Waals surface area contributed by atoms with Crippen LogP contribution in [0.5, 0.6) is 0 Å². The van der Waals surface area contributed by atoms with Gasteiger partial charge in [0, 0.05) is 24.4 Å². The van der Waals surface area contributed by atoms with Crippen LogP contribution in [0.3, 0.4) is 0 Å². The molecule has 0 saturated heterocycles. The number of amides is 1. The number of nitrogens with zero attached hydrogens (tertiary/aromatic N) is 3. The highest BCUT2D eigenvalue weighted by Crippen LogP contribution is 2.16. The Balaban J connectivity index is 1.84. The van der Waals surface area contributed by atoms with Crippen molar-refractivity contribution in [3.05, 3.63) is 47.7 Å². The smallest absolute Gasteiger partial charge is 0.270 e. The molecule has 0 spiro atoms. The zero-order chi connectivity index (χ0) is 14.8. The van der Waals surface area contributed by atoms with Crippen LogP contribution in [0.1, 0.15) is 29.1 Å². The molecule has 108 valence electrons. The first-order valence-electron chi connectivity index (χ1n) is 6.83. The van der Waals surface area contributed by atoms with Gasteiger partial charge in [0.15, 0.2) is 5.82 Å². The van der Waals surface area contributed by atoms with Crippen molar-refractivity contribution >= 4 is 16.8 Å². The third-order valence-electron chi connectivity index (χ3n) is 3.33. The third-order valence-corrected chi connectivity index (χ3v) is 3.33. The van der Waals surface area contributed by atoms with Crippen LogP contribution in [0.4, 0.5) is 0 Å². The van der Waals surface area contributed by atoms with Crippen molar-refractivity contribution in [3.63, 3.8) is 0 Å². The number of hydrogen-bond acceptors (Lipinski definition) is 4. The molecule has 6 heteroatoms. The number of benzene rings is 1. The maximum atomic E-state index is 12.6. The van der Waals surface area contributed by atoms with E-state index in [0.717, 1.165) is 10.9 Å². The van der Waals surface area contributed by atoms with E-state index >= 15 is 0 Å². The van der Waals surface area contributed by atoms with Gasteiger partial charge in [0.1, 0.15) is 5.69 Å². The van der Waals surface area contributed by atoms with Crippen molar-refractivity contribution in [2.45, 2.75) is 20.4 Å². The summed E-state index contributed by atoms with van der Waals surface area (Å²) in [6.07, 6.45) is 0. The van der Waals surface area contributed by atoms with Crippen LogP contribution < -0.4 is 0 Å². The molecule has 21 heavy (non-hydrogen) atoms. The number of nitrogens with one attached hydrogen (secondary N) is 1. The van der Waals surface area contributed by atoms with Crippen molar-refractivity contribution in [2.75, 3.05) is 6.54 Å². The summed E-state index contributed by atoms with van der Waals surface area (Å²) >= 11 is 0. The standard InChI is InChI=1S/C15H16N4O2/c1-3-19(9-14-16-10(2)21-18-14)15(20)13-8-11-6-4-5-7-12(11)17-13/h4-8,17H,3,9H2,1-2H3. The summed E-state index contributed by atoms with van der Waals surface area (Å²) in [7, 11) is 0. The molecule has 0 radical (unpaired) electrons. The van der Waals surface area contributed by atoms with E-state index in [1.54, 1.807) is 11.8 Å². The Morgan fingerprint density at radius 3 is 2.86 bits per heavy atom. The van der Waals surface area contributed by atoms with Gasteiger partial charge >= 0.3 is 0 Å². The van der Waals surface area contributed by atoms with Crippen molar-refractivity contribution in [1.29, 1.82) is 0 Å². The molecule has 0 fully saturated rings. The molecular formula is C15H16N4O2. The highest BCUT2D eigenvalue weighted by molar-refractivity contribution is 5.97. The van der Waals surface area contributed by atoms with Gasteiger partial charge < -0.3 is 14.4 Å². The number of carbonyl (C=O) groups is 1. The predicted octanol–water partition coefficient (Wildman–Crippen LogP) is 2.52. The fourth-order valence-corrected chi connectivity index (χ4v) is 2.26. The molecule has 0 aliphatic heterocycles. The van der Waals surface area contributed by atoms with Crippen LogP contribution in [0.2, 0.25) is 0 Å². The van der Waals surface area contributed by atoms with Crippen molar-refractivity contribution < 1.29 is 9.32 Å². The van der Waals surface area contributed by atoms with E-state index in [2.05, 4.69) is 15.1 Å². The predicted molar refractivity (Wildman–Crippen MR) is 77.7 cm³/mol. The number of aromatic amines is 1. The largest absolute Gasteiger partial charge is 0.351 e. The quantitative estimate of drug-likeness (QED) is 0.798. The zero-order valence-corrected chi connectivity index (χ0v) is 12.0. The van der Waals surface area contributed by atoms with Gasteiger partial charge in [-0.3, -0.25) is 4.79 Å². The van der Waals surface area contributed by atoms with Gasteiger partial charge in [-0.15, -0.1) is 0 Å². The van der Waals surface area contributed by atoms with Gasteiger partial charge in [-0.05, 0) is 19.1 Å². The van der Waals surface area contributed by atoms with E-state index in [0.29, 0.717) is 30.5 Å². The Morgan fingerprint density at radius 2 is 2.19 bits per heavy atom. The van der Waals surface area contributed by atoms with E-state index in [1.165, 1.54) is 0 Å². The zero-order valence-electron chi connectivity index (χ0n) is 12.0. The lowest BCUT2D eigenvalue weighted by Gasteiger charge is -2.17. The van der Waals surface area contributed by atoms with Crippen molar-refractivity contribution in [2.24, 2.45) is 0 Å². The van der Waals surface area contributed by atoms with Gasteiger partial charge in [-0.1, -0.05) is 23.4 Å². The number of fused-ring (bicyclic) bond motifs is 1. The lowest BCUT2D eigenvalue weighted by atomic mass is 10.2. The van der Waals surface area contributed by atoms with Crippen molar-refractivity contribution in [3.8, 4) is 0 Å². The molecule has 0 bridgehead atoms. The second-order valence-corrected chi connectivity index (χ2v) is 4.82. The van der Waals surface area contributed by atoms with E-state index in [4.69, 9.17) is 4.52 Å². The van der Waals surface area contributed by atoms with Crippen LogP contribution >= 0.6 is 0 Å². The van der Waals surface area contributed by atoms with Gasteiger partial charge in [-0.2, -0.15) is 4.98 Å². The molecule has 0 aliphatic rings. The molecular weight excluding hydrogens is 268 g/mol. The van der Waals surface area contributed by atoms with E-state index in [1.807, 2.05) is 37.3 Å². The Kier molecular flexibility index (Phi) is 3.43. The van der Waals surface area contributed by atoms with E-state index < -0.39 is 0 Å². The summed E-state index contributed by atoms with van der Waals surface area (Å²) in [5.74, 6) is 0.939. The monoisotopic (exact) mass is 284 g/mol. The van der Waals surface area contributed by atoms with Crippen LogP contribution in [0.15, 0.2) is 34.9 Å². The molecule has 1 aromatic carbocycles. The first-order chi connectivity index (χ1) is 10.2. The second kappa shape index (κ2) is 5.40. The summed E-state index contributed by atoms with van der Waals surface area (Å²) in [5.41, 5.74) is 1.52. The number of para-hydroxylation sites is 1. The third kappa shape index (κ3) is 2.65. The minimum absolute atomic E-state index is 0.0730. The highest BCUT2D eigenvalue weighted by Gasteiger charge is 2.18. The Hall–Kier alpha value is -2.63. The summed E-state index contributed by atoms with van der Waals surface area (Å²) in [5, 5.41) is 4.85. The Labute approximate surface area is 121 Å². The molecule has 1 amide bonds. The molecule has 0 atom stereocenters. The summed E-state index contributed by atoms with van der Waals surface area (Å²) < 4.78 is 4.94. The number of hydrogen-bond donors (Lipinski definition) is 1. The maximum absolute atomic E-state index is 12.6. The van der Waals surface area contributed by atoms with Gasteiger partial charge in [0.2, 0.25) is 5.89 Å². The SMILES string of the molecule is CCN(Cc1noc(C)n1)C(=O)c1cc2ccccc2[nH]1. The molecule has 0 aliphatic carbocycles. The fraction of sp³-hybridized carbons (Fsp3) is 0.267. The number of aryl methyl sites for hydroxylation is 1. The first kappa shape index (κ1) is 13.4. The minimum Gasteiger partial charge on any atom is -0.351 e. The molecule has 0 unspecified atom stereocenters. The lowest BCUT2D eigenvalue weighted by Crippen LogP contribution is -2.31. The molecule has 1 N–H and O–H groups in total. The van der Waals surface area contributed by atoms with Crippen LogP contribution in [-0.4, -0.2) is 32.5 Å². The molecule has 3 aromatic rings. The lowest BCUT2D eigenvalue weighted by molar-refractivity contribution is 0.0742. The van der Waals surface area contributed by atoms with Gasteiger partial charge in [0.05, 0.1) is 6.54 Å². The van der Waals surface area contributed by atoms with E-state index in [-0.39, 0.29) is 5.91 Å². The maximum Gasteiger partial charge on any atom is 0.270 e. The number of H-pyrrole nitrogens is 1. The Bertz CT molecular complexity index is 742. The van der Waals surface area contributed by atoms with Gasteiger partial charge in [-0.25, -0.2) is 0 Å². The van der Waals surface area contributed by atoms with Crippen LogP contribution in [-0.2, 0) is 6.54 Å². The second-order valence-electron chi connectivity index (χ2n) is 4.82. The molecule has 3 rings (SSSR count). The van der Waals surface area contributed by atoms with Crippen LogP contribution in [0.25, 0.3) is 10.9 Å². The number of carbonyl (C=O) groups excluding carboxylic acids is 1. The fourth-order valence-electron chi connectivity index (χ4n) is 2.26. The molecule has 2 aromatic heterocycles. The molecule has 6 nitrogen and oxygen atoms in total. The van der Waals surface area contributed by atoms with E-state index in [9.17, 15) is 4.79 Å². The average Bonchev–Trinajstić information content (AvgIpc) is 3.09. The highest BCUT2D eigenvalue weighted by atomic mass is 16.5. The first-order valence-corrected chi connectivity index (χ1v) is 6.83. The normalized spacial score (nSPS) is 11.0. The van der Waals surface area contributed by atoms with Gasteiger partial charge in [0.25, 0.3) is 5.91 Å². The average molecular weight is 284 g/mol. The molecule has 0 saturated carbocycles. The number of aromatic nitrogens is 3. The molecule has 2 heterocycles.